The average Bonchev–Trinajstić information content (AvgIpc) is 2.69. The molecule has 0 bridgehead atoms. The number of ketones is 1. The second-order valence-corrected chi connectivity index (χ2v) is 4.68. The Hall–Kier alpha value is -1.97. The maximum atomic E-state index is 11.2. The quantitative estimate of drug-likeness (QED) is 0.900. The highest BCUT2D eigenvalue weighted by atomic mass is 16.5. The van der Waals surface area contributed by atoms with Crippen molar-refractivity contribution in [2.24, 2.45) is 0 Å². The van der Waals surface area contributed by atoms with Crippen LogP contribution >= 0.6 is 0 Å². The number of ether oxygens (including phenoxy) is 2. The van der Waals surface area contributed by atoms with Crippen LogP contribution in [-0.2, 0) is 11.2 Å². The summed E-state index contributed by atoms with van der Waals surface area (Å²) < 4.78 is 10.6. The third-order valence-corrected chi connectivity index (χ3v) is 3.35. The number of nitrogens with one attached hydrogen (secondary N) is 1. The minimum Gasteiger partial charge on any atom is -0.493 e. The molecule has 0 amide bonds. The lowest BCUT2D eigenvalue weighted by atomic mass is 10.0. The molecule has 0 unspecified atom stereocenters. The van der Waals surface area contributed by atoms with E-state index in [1.54, 1.807) is 21.1 Å². The Morgan fingerprint density at radius 1 is 1.21 bits per heavy atom. The van der Waals surface area contributed by atoms with Gasteiger partial charge in [0.2, 0.25) is 0 Å². The molecule has 0 aliphatic carbocycles. The Balaban J connectivity index is 2.52. The van der Waals surface area contributed by atoms with Gasteiger partial charge in [-0.1, -0.05) is 0 Å². The van der Waals surface area contributed by atoms with E-state index in [0.29, 0.717) is 17.9 Å². The molecule has 0 saturated carbocycles. The van der Waals surface area contributed by atoms with Gasteiger partial charge in [0.05, 0.1) is 14.2 Å². The zero-order valence-electron chi connectivity index (χ0n) is 11.8. The molecule has 0 aliphatic rings. The molecule has 0 aliphatic heterocycles. The van der Waals surface area contributed by atoms with Gasteiger partial charge in [-0.05, 0) is 31.9 Å². The van der Waals surface area contributed by atoms with Crippen molar-refractivity contribution in [3.05, 3.63) is 23.4 Å². The number of H-pyrrole nitrogens is 1. The number of hydrogen-bond donors (Lipinski definition) is 1. The average molecular weight is 261 g/mol. The summed E-state index contributed by atoms with van der Waals surface area (Å²) in [6.45, 7) is 3.64. The summed E-state index contributed by atoms with van der Waals surface area (Å²) in [6.07, 6.45) is 1.30. The van der Waals surface area contributed by atoms with Crippen LogP contribution in [-0.4, -0.2) is 25.0 Å². The van der Waals surface area contributed by atoms with Gasteiger partial charge in [-0.15, -0.1) is 0 Å². The van der Waals surface area contributed by atoms with Gasteiger partial charge < -0.3 is 19.3 Å². The molecule has 1 aromatic carbocycles. The highest BCUT2D eigenvalue weighted by Gasteiger charge is 2.13. The molecule has 1 heterocycles. The minimum absolute atomic E-state index is 0.203. The smallest absolute Gasteiger partial charge is 0.162 e. The number of Topliss-reactive ketones (excluding diaryl/α,β-unsaturated/α-hetero) is 1. The molecule has 1 N–H and O–H groups in total. The van der Waals surface area contributed by atoms with Crippen LogP contribution in [0.25, 0.3) is 10.9 Å². The second kappa shape index (κ2) is 5.34. The topological polar surface area (TPSA) is 51.3 Å². The number of methoxy groups -OCH3 is 2. The summed E-state index contributed by atoms with van der Waals surface area (Å²) in [5, 5.41) is 1.09. The predicted molar refractivity (Wildman–Crippen MR) is 75.1 cm³/mol. The van der Waals surface area contributed by atoms with E-state index in [4.69, 9.17) is 9.47 Å². The summed E-state index contributed by atoms with van der Waals surface area (Å²) in [6, 6.07) is 3.89. The van der Waals surface area contributed by atoms with E-state index < -0.39 is 0 Å². The molecular formula is C15H19NO3. The number of hydrogen-bond acceptors (Lipinski definition) is 3. The predicted octanol–water partition coefficient (Wildman–Crippen LogP) is 3.02. The molecular weight excluding hydrogens is 242 g/mol. The van der Waals surface area contributed by atoms with Crippen molar-refractivity contribution in [2.45, 2.75) is 26.7 Å². The number of fused-ring (bicyclic) bond motifs is 1. The fourth-order valence-corrected chi connectivity index (χ4v) is 2.33. The molecule has 2 rings (SSSR count). The first-order valence-corrected chi connectivity index (χ1v) is 6.29. The largest absolute Gasteiger partial charge is 0.493 e. The number of aryl methyl sites for hydroxylation is 2. The van der Waals surface area contributed by atoms with Crippen LogP contribution in [0, 0.1) is 6.92 Å². The fraction of sp³-hybridized carbons (Fsp3) is 0.400. The Kier molecular flexibility index (Phi) is 3.79. The van der Waals surface area contributed by atoms with Crippen molar-refractivity contribution in [1.82, 2.24) is 4.98 Å². The summed E-state index contributed by atoms with van der Waals surface area (Å²) in [5.41, 5.74) is 3.27. The summed E-state index contributed by atoms with van der Waals surface area (Å²) in [5.74, 6) is 1.61. The van der Waals surface area contributed by atoms with Crippen LogP contribution < -0.4 is 9.47 Å². The molecule has 0 atom stereocenters. The number of rotatable bonds is 5. The third-order valence-electron chi connectivity index (χ3n) is 3.35. The summed E-state index contributed by atoms with van der Waals surface area (Å²) in [7, 11) is 3.24. The van der Waals surface area contributed by atoms with Gasteiger partial charge in [-0.2, -0.15) is 0 Å². The minimum atomic E-state index is 0.203. The van der Waals surface area contributed by atoms with Gasteiger partial charge in [0.25, 0.3) is 0 Å². The number of aromatic nitrogens is 1. The molecule has 4 heteroatoms. The molecule has 4 nitrogen and oxygen atoms in total. The zero-order chi connectivity index (χ0) is 14.0. The van der Waals surface area contributed by atoms with E-state index >= 15 is 0 Å². The molecule has 0 fully saturated rings. The molecule has 0 spiro atoms. The van der Waals surface area contributed by atoms with Crippen LogP contribution in [0.3, 0.4) is 0 Å². The Bertz CT molecular complexity index is 613. The van der Waals surface area contributed by atoms with Crippen LogP contribution in [0.5, 0.6) is 11.5 Å². The monoisotopic (exact) mass is 261 g/mol. The van der Waals surface area contributed by atoms with E-state index in [0.717, 1.165) is 23.0 Å². The van der Waals surface area contributed by atoms with Crippen LogP contribution in [0.1, 0.15) is 24.6 Å². The number of carbonyl (C=O) groups excluding carboxylic acids is 1. The van der Waals surface area contributed by atoms with Gasteiger partial charge in [0, 0.05) is 29.1 Å². The molecule has 2 aromatic rings. The van der Waals surface area contributed by atoms with Crippen molar-refractivity contribution >= 4 is 16.7 Å². The fourth-order valence-electron chi connectivity index (χ4n) is 2.33. The number of carbonyl (C=O) groups is 1. The van der Waals surface area contributed by atoms with Gasteiger partial charge in [-0.3, -0.25) is 0 Å². The van der Waals surface area contributed by atoms with Gasteiger partial charge in [0.1, 0.15) is 5.78 Å². The van der Waals surface area contributed by atoms with Crippen LogP contribution in [0.4, 0.5) is 0 Å². The van der Waals surface area contributed by atoms with Crippen molar-refractivity contribution in [1.29, 1.82) is 0 Å². The highest BCUT2D eigenvalue weighted by Crippen LogP contribution is 2.34. The number of benzene rings is 1. The normalized spacial score (nSPS) is 10.7. The van der Waals surface area contributed by atoms with E-state index in [9.17, 15) is 4.79 Å². The second-order valence-electron chi connectivity index (χ2n) is 4.68. The summed E-state index contributed by atoms with van der Waals surface area (Å²) >= 11 is 0. The Morgan fingerprint density at radius 3 is 2.42 bits per heavy atom. The highest BCUT2D eigenvalue weighted by molar-refractivity contribution is 5.88. The Labute approximate surface area is 112 Å². The van der Waals surface area contributed by atoms with Crippen molar-refractivity contribution < 1.29 is 14.3 Å². The van der Waals surface area contributed by atoms with Gasteiger partial charge >= 0.3 is 0 Å². The van der Waals surface area contributed by atoms with Crippen molar-refractivity contribution in [3.63, 3.8) is 0 Å². The van der Waals surface area contributed by atoms with Crippen molar-refractivity contribution in [2.75, 3.05) is 14.2 Å². The van der Waals surface area contributed by atoms with Crippen LogP contribution in [0.2, 0.25) is 0 Å². The van der Waals surface area contributed by atoms with E-state index in [-0.39, 0.29) is 5.78 Å². The van der Waals surface area contributed by atoms with Crippen molar-refractivity contribution in [3.8, 4) is 11.5 Å². The maximum absolute atomic E-state index is 11.2. The first-order valence-electron chi connectivity index (χ1n) is 6.29. The lowest BCUT2D eigenvalue weighted by Crippen LogP contribution is -1.95. The third kappa shape index (κ3) is 2.57. The zero-order valence-corrected chi connectivity index (χ0v) is 11.8. The van der Waals surface area contributed by atoms with Gasteiger partial charge in [0.15, 0.2) is 11.5 Å². The molecule has 0 saturated heterocycles. The maximum Gasteiger partial charge on any atom is 0.162 e. The molecule has 1 aromatic heterocycles. The number of aromatic amines is 1. The lowest BCUT2D eigenvalue weighted by molar-refractivity contribution is -0.116. The molecule has 102 valence electrons. The van der Waals surface area contributed by atoms with E-state index in [2.05, 4.69) is 4.98 Å². The first-order chi connectivity index (χ1) is 9.06. The van der Waals surface area contributed by atoms with Gasteiger partial charge in [-0.25, -0.2) is 0 Å². The lowest BCUT2D eigenvalue weighted by Gasteiger charge is -2.08. The van der Waals surface area contributed by atoms with E-state index in [1.807, 2.05) is 19.1 Å². The van der Waals surface area contributed by atoms with Crippen LogP contribution in [0.15, 0.2) is 12.1 Å². The van der Waals surface area contributed by atoms with E-state index in [1.165, 1.54) is 5.56 Å². The standard InChI is InChI=1S/C15H19NO3/c1-9(17)5-6-11-10(2)16-13-8-15(19-4)14(18-3)7-12(11)13/h7-8,16H,5-6H2,1-4H3. The molecule has 0 radical (unpaired) electrons. The summed E-state index contributed by atoms with van der Waals surface area (Å²) in [4.78, 5) is 14.5. The Morgan fingerprint density at radius 2 is 1.84 bits per heavy atom. The SMILES string of the molecule is COc1cc2[nH]c(C)c(CCC(C)=O)c2cc1OC. The first kappa shape index (κ1) is 13.5. The molecule has 19 heavy (non-hydrogen) atoms.